The van der Waals surface area contributed by atoms with E-state index in [9.17, 15) is 8.42 Å². The molecular formula is C9H15N3O2S. The van der Waals surface area contributed by atoms with Crippen molar-refractivity contribution < 1.29 is 8.42 Å². The van der Waals surface area contributed by atoms with Crippen LogP contribution < -0.4 is 5.73 Å². The summed E-state index contributed by atoms with van der Waals surface area (Å²) in [7, 11) is -3.34. The Morgan fingerprint density at radius 2 is 1.93 bits per heavy atom. The fourth-order valence-corrected chi connectivity index (χ4v) is 1.72. The average Bonchev–Trinajstić information content (AvgIpc) is 2.16. The minimum Gasteiger partial charge on any atom is -0.330 e. The first-order chi connectivity index (χ1) is 6.97. The molecule has 0 aromatic carbocycles. The molecule has 1 rings (SSSR count). The van der Waals surface area contributed by atoms with Crippen molar-refractivity contribution in [3.05, 3.63) is 17.5 Å². The first-order valence-electron chi connectivity index (χ1n) is 4.74. The molecule has 15 heavy (non-hydrogen) atoms. The summed E-state index contributed by atoms with van der Waals surface area (Å²) in [6.07, 6.45) is 2.36. The molecule has 0 aliphatic carbocycles. The van der Waals surface area contributed by atoms with Gasteiger partial charge in [0.1, 0.15) is 0 Å². The predicted octanol–water partition coefficient (Wildman–Crippen LogP) is -0.0563. The van der Waals surface area contributed by atoms with Crippen LogP contribution in [0.2, 0.25) is 0 Å². The molecular weight excluding hydrogens is 214 g/mol. The van der Waals surface area contributed by atoms with Crippen LogP contribution in [-0.2, 0) is 22.7 Å². The van der Waals surface area contributed by atoms with Crippen molar-refractivity contribution in [2.24, 2.45) is 5.73 Å². The van der Waals surface area contributed by atoms with Gasteiger partial charge in [0.15, 0.2) is 0 Å². The van der Waals surface area contributed by atoms with E-state index < -0.39 is 9.84 Å². The number of aryl methyl sites for hydroxylation is 1. The molecule has 0 atom stereocenters. The van der Waals surface area contributed by atoms with E-state index in [0.29, 0.717) is 25.1 Å². The van der Waals surface area contributed by atoms with Gasteiger partial charge in [-0.1, -0.05) is 6.92 Å². The summed E-state index contributed by atoms with van der Waals surface area (Å²) >= 11 is 0. The van der Waals surface area contributed by atoms with Crippen LogP contribution >= 0.6 is 0 Å². The van der Waals surface area contributed by atoms with E-state index >= 15 is 0 Å². The van der Waals surface area contributed by atoms with Gasteiger partial charge in [0.05, 0.1) is 0 Å². The number of sulfone groups is 1. The van der Waals surface area contributed by atoms with Gasteiger partial charge in [0, 0.05) is 24.1 Å². The van der Waals surface area contributed by atoms with Gasteiger partial charge in [-0.25, -0.2) is 18.4 Å². The van der Waals surface area contributed by atoms with Crippen LogP contribution in [0.3, 0.4) is 0 Å². The highest BCUT2D eigenvalue weighted by Crippen LogP contribution is 2.07. The Hall–Kier alpha value is -1.01. The maximum atomic E-state index is 11.3. The Labute approximate surface area is 89.7 Å². The second kappa shape index (κ2) is 4.67. The SMILES string of the molecule is CCc1cc(CCN)nc(S(C)(=O)=O)n1. The number of nitrogens with zero attached hydrogens (tertiary/aromatic N) is 2. The lowest BCUT2D eigenvalue weighted by Crippen LogP contribution is -2.11. The van der Waals surface area contributed by atoms with Crippen LogP contribution in [0.5, 0.6) is 0 Å². The highest BCUT2D eigenvalue weighted by atomic mass is 32.2. The molecule has 1 aromatic heterocycles. The van der Waals surface area contributed by atoms with E-state index in [4.69, 9.17) is 5.73 Å². The molecule has 0 bridgehead atoms. The van der Waals surface area contributed by atoms with E-state index in [1.165, 1.54) is 0 Å². The van der Waals surface area contributed by atoms with E-state index in [-0.39, 0.29) is 5.16 Å². The standard InChI is InChI=1S/C9H15N3O2S/c1-3-7-6-8(4-5-10)12-9(11-7)15(2,13)14/h6H,3-5,10H2,1-2H3. The molecule has 84 valence electrons. The summed E-state index contributed by atoms with van der Waals surface area (Å²) in [5.41, 5.74) is 6.82. The second-order valence-electron chi connectivity index (χ2n) is 3.30. The summed E-state index contributed by atoms with van der Waals surface area (Å²) in [5, 5.41) is -0.106. The van der Waals surface area contributed by atoms with Gasteiger partial charge >= 0.3 is 0 Å². The molecule has 0 unspecified atom stereocenters. The van der Waals surface area contributed by atoms with Gasteiger partial charge in [-0.05, 0) is 19.0 Å². The molecule has 5 nitrogen and oxygen atoms in total. The molecule has 1 aromatic rings. The van der Waals surface area contributed by atoms with Gasteiger partial charge in [-0.3, -0.25) is 0 Å². The summed E-state index contributed by atoms with van der Waals surface area (Å²) in [5.74, 6) is 0. The maximum Gasteiger partial charge on any atom is 0.247 e. The summed E-state index contributed by atoms with van der Waals surface area (Å²) in [4.78, 5) is 7.93. The molecule has 0 radical (unpaired) electrons. The predicted molar refractivity (Wildman–Crippen MR) is 57.3 cm³/mol. The van der Waals surface area contributed by atoms with Crippen molar-refractivity contribution in [2.75, 3.05) is 12.8 Å². The van der Waals surface area contributed by atoms with Crippen LogP contribution in [-0.4, -0.2) is 31.2 Å². The molecule has 0 aliphatic rings. The fraction of sp³-hybridized carbons (Fsp3) is 0.556. The van der Waals surface area contributed by atoms with Crippen molar-refractivity contribution in [1.29, 1.82) is 0 Å². The number of hydrogen-bond donors (Lipinski definition) is 1. The quantitative estimate of drug-likeness (QED) is 0.731. The number of aromatic nitrogens is 2. The zero-order chi connectivity index (χ0) is 11.5. The largest absolute Gasteiger partial charge is 0.330 e. The Kier molecular flexibility index (Phi) is 3.76. The van der Waals surface area contributed by atoms with E-state index in [1.54, 1.807) is 6.07 Å². The third-order valence-electron chi connectivity index (χ3n) is 1.91. The topological polar surface area (TPSA) is 85.9 Å². The fourth-order valence-electron chi connectivity index (χ4n) is 1.15. The Morgan fingerprint density at radius 1 is 1.33 bits per heavy atom. The molecule has 0 saturated heterocycles. The first kappa shape index (κ1) is 12.1. The number of nitrogens with two attached hydrogens (primary N) is 1. The molecule has 0 spiro atoms. The third kappa shape index (κ3) is 3.24. The van der Waals surface area contributed by atoms with Crippen molar-refractivity contribution in [2.45, 2.75) is 24.9 Å². The minimum atomic E-state index is -3.34. The first-order valence-corrected chi connectivity index (χ1v) is 6.63. The Balaban J connectivity index is 3.23. The van der Waals surface area contributed by atoms with Crippen LogP contribution in [0, 0.1) is 0 Å². The summed E-state index contributed by atoms with van der Waals surface area (Å²) < 4.78 is 22.6. The smallest absolute Gasteiger partial charge is 0.247 e. The molecule has 6 heteroatoms. The monoisotopic (exact) mass is 229 g/mol. The van der Waals surface area contributed by atoms with E-state index in [2.05, 4.69) is 9.97 Å². The number of hydrogen-bond acceptors (Lipinski definition) is 5. The van der Waals surface area contributed by atoms with E-state index in [0.717, 1.165) is 11.9 Å². The average molecular weight is 229 g/mol. The molecule has 1 heterocycles. The van der Waals surface area contributed by atoms with E-state index in [1.807, 2.05) is 6.92 Å². The van der Waals surface area contributed by atoms with Crippen LogP contribution in [0.4, 0.5) is 0 Å². The zero-order valence-corrected chi connectivity index (χ0v) is 9.71. The normalized spacial score (nSPS) is 11.7. The molecule has 0 aliphatic heterocycles. The Morgan fingerprint density at radius 3 is 2.40 bits per heavy atom. The highest BCUT2D eigenvalue weighted by Gasteiger charge is 2.13. The van der Waals surface area contributed by atoms with Gasteiger partial charge in [0.25, 0.3) is 0 Å². The summed E-state index contributed by atoms with van der Waals surface area (Å²) in [6, 6.07) is 1.79. The Bertz CT molecular complexity index is 443. The van der Waals surface area contributed by atoms with Gasteiger partial charge in [0.2, 0.25) is 15.0 Å². The van der Waals surface area contributed by atoms with Crippen molar-refractivity contribution in [3.8, 4) is 0 Å². The highest BCUT2D eigenvalue weighted by molar-refractivity contribution is 7.90. The summed E-state index contributed by atoms with van der Waals surface area (Å²) in [6.45, 7) is 2.37. The van der Waals surface area contributed by atoms with Gasteiger partial charge in [-0.2, -0.15) is 0 Å². The van der Waals surface area contributed by atoms with Crippen molar-refractivity contribution in [1.82, 2.24) is 9.97 Å². The lowest BCUT2D eigenvalue weighted by Gasteiger charge is -2.04. The van der Waals surface area contributed by atoms with Crippen molar-refractivity contribution in [3.63, 3.8) is 0 Å². The van der Waals surface area contributed by atoms with Crippen molar-refractivity contribution >= 4 is 9.84 Å². The molecule has 2 N–H and O–H groups in total. The van der Waals surface area contributed by atoms with Crippen LogP contribution in [0.25, 0.3) is 0 Å². The molecule has 0 fully saturated rings. The van der Waals surface area contributed by atoms with Gasteiger partial charge in [-0.15, -0.1) is 0 Å². The zero-order valence-electron chi connectivity index (χ0n) is 8.90. The third-order valence-corrected chi connectivity index (χ3v) is 2.75. The lowest BCUT2D eigenvalue weighted by molar-refractivity contribution is 0.590. The lowest BCUT2D eigenvalue weighted by atomic mass is 10.2. The minimum absolute atomic E-state index is 0.106. The second-order valence-corrected chi connectivity index (χ2v) is 5.21. The van der Waals surface area contributed by atoms with Crippen LogP contribution in [0.1, 0.15) is 18.3 Å². The van der Waals surface area contributed by atoms with Crippen LogP contribution in [0.15, 0.2) is 11.2 Å². The maximum absolute atomic E-state index is 11.3. The number of rotatable bonds is 4. The molecule has 0 saturated carbocycles. The molecule has 0 amide bonds. The van der Waals surface area contributed by atoms with Gasteiger partial charge < -0.3 is 5.73 Å².